The Morgan fingerprint density at radius 2 is 2.06 bits per heavy atom. The minimum atomic E-state index is 0.863. The number of hydrogen-bond acceptors (Lipinski definition) is 2. The van der Waals surface area contributed by atoms with Gasteiger partial charge in [0.15, 0.2) is 0 Å². The molecule has 0 saturated heterocycles. The first-order chi connectivity index (χ1) is 8.45. The second-order valence-corrected chi connectivity index (χ2v) is 5.68. The highest BCUT2D eigenvalue weighted by Crippen LogP contribution is 2.18. The van der Waals surface area contributed by atoms with Crippen LogP contribution in [-0.4, -0.2) is 18.8 Å². The first kappa shape index (κ1) is 12.7. The Balaban J connectivity index is 1.53. The van der Waals surface area contributed by atoms with Gasteiger partial charge in [0.05, 0.1) is 0 Å². The quantitative estimate of drug-likeness (QED) is 0.467. The second kappa shape index (κ2) is 7.57. The summed E-state index contributed by atoms with van der Waals surface area (Å²) in [6, 6.07) is 10.6. The molecule has 0 fully saturated rings. The van der Waals surface area contributed by atoms with Gasteiger partial charge in [0.25, 0.3) is 0 Å². The summed E-state index contributed by atoms with van der Waals surface area (Å²) in [5.74, 6) is 2.02. The van der Waals surface area contributed by atoms with E-state index in [-0.39, 0.29) is 0 Å². The SMILES string of the molecule is C1=CCC(CNCCSc2ccccc2)CC1. The van der Waals surface area contributed by atoms with Gasteiger partial charge in [-0.15, -0.1) is 11.8 Å². The summed E-state index contributed by atoms with van der Waals surface area (Å²) in [5, 5.41) is 3.57. The van der Waals surface area contributed by atoms with Crippen molar-refractivity contribution in [2.24, 2.45) is 5.92 Å². The van der Waals surface area contributed by atoms with E-state index in [4.69, 9.17) is 0 Å². The largest absolute Gasteiger partial charge is 0.316 e. The van der Waals surface area contributed by atoms with Crippen LogP contribution in [-0.2, 0) is 0 Å². The predicted molar refractivity (Wildman–Crippen MR) is 76.5 cm³/mol. The summed E-state index contributed by atoms with van der Waals surface area (Å²) in [6.45, 7) is 2.29. The molecule has 2 rings (SSSR count). The molecule has 1 aromatic rings. The Bertz CT molecular complexity index is 334. The van der Waals surface area contributed by atoms with Crippen LogP contribution in [0.4, 0.5) is 0 Å². The number of rotatable bonds is 6. The number of benzene rings is 1. The van der Waals surface area contributed by atoms with Gasteiger partial charge in [0, 0.05) is 17.2 Å². The smallest absolute Gasteiger partial charge is 0.0106 e. The van der Waals surface area contributed by atoms with Crippen LogP contribution < -0.4 is 5.32 Å². The van der Waals surface area contributed by atoms with Crippen LogP contribution in [0.25, 0.3) is 0 Å². The van der Waals surface area contributed by atoms with Crippen LogP contribution in [0.15, 0.2) is 47.4 Å². The van der Waals surface area contributed by atoms with Gasteiger partial charge < -0.3 is 5.32 Å². The Morgan fingerprint density at radius 3 is 2.82 bits per heavy atom. The second-order valence-electron chi connectivity index (χ2n) is 4.52. The molecule has 1 aromatic carbocycles. The summed E-state index contributed by atoms with van der Waals surface area (Å²) in [6.07, 6.45) is 8.52. The summed E-state index contributed by atoms with van der Waals surface area (Å²) >= 11 is 1.93. The van der Waals surface area contributed by atoms with Crippen LogP contribution in [0, 0.1) is 5.92 Å². The van der Waals surface area contributed by atoms with Crippen molar-refractivity contribution in [1.29, 1.82) is 0 Å². The molecule has 0 heterocycles. The lowest BCUT2D eigenvalue weighted by Gasteiger charge is -2.17. The van der Waals surface area contributed by atoms with Gasteiger partial charge in [-0.05, 0) is 43.9 Å². The van der Waals surface area contributed by atoms with E-state index in [1.54, 1.807) is 0 Å². The van der Waals surface area contributed by atoms with Crippen molar-refractivity contribution in [2.75, 3.05) is 18.8 Å². The van der Waals surface area contributed by atoms with Crippen molar-refractivity contribution in [3.8, 4) is 0 Å². The molecule has 1 atom stereocenters. The molecule has 2 heteroatoms. The third kappa shape index (κ3) is 4.97. The average molecular weight is 247 g/mol. The van der Waals surface area contributed by atoms with Crippen LogP contribution >= 0.6 is 11.8 Å². The van der Waals surface area contributed by atoms with E-state index in [9.17, 15) is 0 Å². The predicted octanol–water partition coefficient (Wildman–Crippen LogP) is 3.72. The molecule has 92 valence electrons. The van der Waals surface area contributed by atoms with Gasteiger partial charge in [0.1, 0.15) is 0 Å². The molecule has 0 saturated carbocycles. The van der Waals surface area contributed by atoms with Crippen molar-refractivity contribution in [3.05, 3.63) is 42.5 Å². The van der Waals surface area contributed by atoms with Crippen LogP contribution in [0.2, 0.25) is 0 Å². The highest BCUT2D eigenvalue weighted by Gasteiger charge is 2.08. The third-order valence-electron chi connectivity index (χ3n) is 3.10. The molecule has 0 spiro atoms. The monoisotopic (exact) mass is 247 g/mol. The van der Waals surface area contributed by atoms with Crippen LogP contribution in [0.3, 0.4) is 0 Å². The number of nitrogens with one attached hydrogen (secondary N) is 1. The van der Waals surface area contributed by atoms with Crippen molar-refractivity contribution in [1.82, 2.24) is 5.32 Å². The fourth-order valence-electron chi connectivity index (χ4n) is 2.11. The lowest BCUT2D eigenvalue weighted by atomic mass is 9.94. The van der Waals surface area contributed by atoms with E-state index in [2.05, 4.69) is 47.8 Å². The van der Waals surface area contributed by atoms with Crippen molar-refractivity contribution < 1.29 is 0 Å². The number of hydrogen-bond donors (Lipinski definition) is 1. The Hall–Kier alpha value is -0.730. The first-order valence-corrected chi connectivity index (χ1v) is 7.47. The average Bonchev–Trinajstić information content (AvgIpc) is 2.41. The zero-order valence-electron chi connectivity index (χ0n) is 10.3. The van der Waals surface area contributed by atoms with Gasteiger partial charge in [0.2, 0.25) is 0 Å². The van der Waals surface area contributed by atoms with Gasteiger partial charge in [-0.25, -0.2) is 0 Å². The summed E-state index contributed by atoms with van der Waals surface area (Å²) in [5.41, 5.74) is 0. The van der Waals surface area contributed by atoms with E-state index in [0.29, 0.717) is 0 Å². The molecule has 1 nitrogen and oxygen atoms in total. The topological polar surface area (TPSA) is 12.0 Å². The zero-order chi connectivity index (χ0) is 11.8. The van der Waals surface area contributed by atoms with Crippen molar-refractivity contribution >= 4 is 11.8 Å². The molecule has 17 heavy (non-hydrogen) atoms. The highest BCUT2D eigenvalue weighted by molar-refractivity contribution is 7.99. The van der Waals surface area contributed by atoms with Crippen LogP contribution in [0.1, 0.15) is 19.3 Å². The van der Waals surface area contributed by atoms with Gasteiger partial charge in [-0.3, -0.25) is 0 Å². The fraction of sp³-hybridized carbons (Fsp3) is 0.467. The molecule has 0 aromatic heterocycles. The molecule has 0 radical (unpaired) electrons. The summed E-state index contributed by atoms with van der Waals surface area (Å²) < 4.78 is 0. The number of allylic oxidation sites excluding steroid dienone is 2. The van der Waals surface area contributed by atoms with E-state index >= 15 is 0 Å². The van der Waals surface area contributed by atoms with Gasteiger partial charge >= 0.3 is 0 Å². The zero-order valence-corrected chi connectivity index (χ0v) is 11.1. The molecule has 1 N–H and O–H groups in total. The Morgan fingerprint density at radius 1 is 1.18 bits per heavy atom. The summed E-state index contributed by atoms with van der Waals surface area (Å²) in [7, 11) is 0. The fourth-order valence-corrected chi connectivity index (χ4v) is 2.94. The molecule has 1 aliphatic carbocycles. The minimum absolute atomic E-state index is 0.863. The molecule has 1 aliphatic rings. The summed E-state index contributed by atoms with van der Waals surface area (Å²) in [4.78, 5) is 1.37. The Labute approximate surface area is 109 Å². The normalized spacial score (nSPS) is 19.4. The molecular weight excluding hydrogens is 226 g/mol. The molecular formula is C15H21NS. The standard InChI is InChI=1S/C15H21NS/c1-3-7-14(8-4-1)13-16-11-12-17-15-9-5-2-6-10-15/h1-3,5-6,9-10,14,16H,4,7-8,11-13H2. The van der Waals surface area contributed by atoms with E-state index in [1.165, 1.54) is 30.7 Å². The van der Waals surface area contributed by atoms with Gasteiger partial charge in [-0.1, -0.05) is 30.4 Å². The highest BCUT2D eigenvalue weighted by atomic mass is 32.2. The maximum absolute atomic E-state index is 3.57. The minimum Gasteiger partial charge on any atom is -0.316 e. The third-order valence-corrected chi connectivity index (χ3v) is 4.12. The molecule has 1 unspecified atom stereocenters. The van der Waals surface area contributed by atoms with Crippen molar-refractivity contribution in [3.63, 3.8) is 0 Å². The van der Waals surface area contributed by atoms with E-state index in [0.717, 1.165) is 18.2 Å². The van der Waals surface area contributed by atoms with E-state index < -0.39 is 0 Å². The maximum Gasteiger partial charge on any atom is 0.0106 e. The molecule has 0 bridgehead atoms. The maximum atomic E-state index is 3.57. The Kier molecular flexibility index (Phi) is 5.66. The molecule has 0 aliphatic heterocycles. The lowest BCUT2D eigenvalue weighted by Crippen LogP contribution is -2.25. The lowest BCUT2D eigenvalue weighted by molar-refractivity contribution is 0.448. The van der Waals surface area contributed by atoms with E-state index in [1.807, 2.05) is 11.8 Å². The number of thioether (sulfide) groups is 1. The molecule has 0 amide bonds. The first-order valence-electron chi connectivity index (χ1n) is 6.49. The van der Waals surface area contributed by atoms with Crippen molar-refractivity contribution in [2.45, 2.75) is 24.2 Å². The van der Waals surface area contributed by atoms with Gasteiger partial charge in [-0.2, -0.15) is 0 Å². The van der Waals surface area contributed by atoms with Crippen LogP contribution in [0.5, 0.6) is 0 Å².